The molecule has 2 rings (SSSR count). The quantitative estimate of drug-likeness (QED) is 0.467. The van der Waals surface area contributed by atoms with Gasteiger partial charge in [-0.3, -0.25) is 10.1 Å². The smallest absolute Gasteiger partial charge is 0.258 e. The summed E-state index contributed by atoms with van der Waals surface area (Å²) in [4.78, 5) is 11.4. The highest BCUT2D eigenvalue weighted by molar-refractivity contribution is 9.10. The Morgan fingerprint density at radius 3 is 2.67 bits per heavy atom. The van der Waals surface area contributed by atoms with Crippen LogP contribution < -0.4 is 0 Å². The van der Waals surface area contributed by atoms with Crippen LogP contribution in [-0.2, 0) is 5.75 Å². The van der Waals surface area contributed by atoms with Gasteiger partial charge >= 0.3 is 0 Å². The normalized spacial score (nSPS) is 10.3. The lowest BCUT2D eigenvalue weighted by Gasteiger charge is -2.02. The Hall–Kier alpha value is -1.33. The van der Waals surface area contributed by atoms with E-state index in [4.69, 9.17) is 0 Å². The summed E-state index contributed by atoms with van der Waals surface area (Å²) in [5.74, 6) is 0.720. The Labute approximate surface area is 117 Å². The second-order valence-electron chi connectivity index (χ2n) is 3.67. The van der Waals surface area contributed by atoms with Crippen LogP contribution in [-0.4, -0.2) is 4.92 Å². The number of nitrogens with zero attached hydrogens (tertiary/aromatic N) is 1. The molecule has 0 unspecified atom stereocenters. The fourth-order valence-corrected chi connectivity index (χ4v) is 2.93. The van der Waals surface area contributed by atoms with Crippen molar-refractivity contribution in [1.29, 1.82) is 0 Å². The largest absolute Gasteiger partial charge is 0.269 e. The maximum atomic E-state index is 10.7. The molecule has 18 heavy (non-hydrogen) atoms. The number of hydrogen-bond donors (Lipinski definition) is 0. The van der Waals surface area contributed by atoms with E-state index in [-0.39, 0.29) is 10.6 Å². The summed E-state index contributed by atoms with van der Waals surface area (Å²) < 4.78 is 1.03. The lowest BCUT2D eigenvalue weighted by atomic mass is 10.2. The van der Waals surface area contributed by atoms with E-state index in [1.54, 1.807) is 23.9 Å². The molecule has 0 fully saturated rings. The third-order valence-electron chi connectivity index (χ3n) is 2.32. The molecule has 0 saturated heterocycles. The highest BCUT2D eigenvalue weighted by Gasteiger charge is 2.05. The SMILES string of the molecule is O=[N+]([O-])c1cccc(CSc2cccc(Br)c2)c1. The topological polar surface area (TPSA) is 43.1 Å². The number of nitro benzene ring substituents is 1. The van der Waals surface area contributed by atoms with E-state index in [0.717, 1.165) is 20.7 Å². The number of nitro groups is 1. The molecule has 0 aliphatic rings. The molecule has 0 atom stereocenters. The molecule has 3 nitrogen and oxygen atoms in total. The summed E-state index contributed by atoms with van der Waals surface area (Å²) in [5.41, 5.74) is 1.09. The van der Waals surface area contributed by atoms with Gasteiger partial charge in [-0.2, -0.15) is 0 Å². The van der Waals surface area contributed by atoms with Gasteiger partial charge in [-0.05, 0) is 23.8 Å². The van der Waals surface area contributed by atoms with Crippen molar-refractivity contribution < 1.29 is 4.92 Å². The fourth-order valence-electron chi connectivity index (χ4n) is 1.48. The van der Waals surface area contributed by atoms with Crippen molar-refractivity contribution in [1.82, 2.24) is 0 Å². The molecule has 5 heteroatoms. The summed E-state index contributed by atoms with van der Waals surface area (Å²) in [6, 6.07) is 14.7. The summed E-state index contributed by atoms with van der Waals surface area (Å²) in [7, 11) is 0. The maximum Gasteiger partial charge on any atom is 0.269 e. The van der Waals surface area contributed by atoms with Gasteiger partial charge in [0, 0.05) is 27.3 Å². The van der Waals surface area contributed by atoms with Crippen molar-refractivity contribution >= 4 is 33.4 Å². The second kappa shape index (κ2) is 6.02. The van der Waals surface area contributed by atoms with E-state index in [2.05, 4.69) is 15.9 Å². The second-order valence-corrected chi connectivity index (χ2v) is 5.64. The first kappa shape index (κ1) is 13.1. The van der Waals surface area contributed by atoms with Gasteiger partial charge in [-0.25, -0.2) is 0 Å². The number of rotatable bonds is 4. The third kappa shape index (κ3) is 3.58. The lowest BCUT2D eigenvalue weighted by molar-refractivity contribution is -0.384. The van der Waals surface area contributed by atoms with Crippen LogP contribution in [0.15, 0.2) is 57.9 Å². The average molecular weight is 324 g/mol. The minimum Gasteiger partial charge on any atom is -0.258 e. The van der Waals surface area contributed by atoms with E-state index < -0.39 is 0 Å². The van der Waals surface area contributed by atoms with Crippen LogP contribution in [0.2, 0.25) is 0 Å². The summed E-state index contributed by atoms with van der Waals surface area (Å²) in [6.07, 6.45) is 0. The van der Waals surface area contributed by atoms with Crippen LogP contribution >= 0.6 is 27.7 Å². The molecule has 0 saturated carbocycles. The third-order valence-corrected chi connectivity index (χ3v) is 3.88. The molecule has 0 spiro atoms. The number of non-ortho nitro benzene ring substituents is 1. The first-order valence-corrected chi connectivity index (χ1v) is 7.05. The Morgan fingerprint density at radius 1 is 1.17 bits per heavy atom. The van der Waals surface area contributed by atoms with Crippen LogP contribution in [0.3, 0.4) is 0 Å². The molecule has 0 amide bonds. The lowest BCUT2D eigenvalue weighted by Crippen LogP contribution is -1.89. The van der Waals surface area contributed by atoms with E-state index in [0.29, 0.717) is 0 Å². The summed E-state index contributed by atoms with van der Waals surface area (Å²) >= 11 is 5.07. The predicted molar refractivity (Wildman–Crippen MR) is 76.8 cm³/mol. The molecule has 0 heterocycles. The van der Waals surface area contributed by atoms with E-state index in [1.807, 2.05) is 30.3 Å². The number of halogens is 1. The summed E-state index contributed by atoms with van der Waals surface area (Å²) in [5, 5.41) is 10.7. The molecule has 2 aromatic rings. The molecular formula is C13H10BrNO2S. The standard InChI is InChI=1S/C13H10BrNO2S/c14-11-4-2-6-13(8-11)18-9-10-3-1-5-12(7-10)15(16)17/h1-8H,9H2. The Morgan fingerprint density at radius 2 is 1.94 bits per heavy atom. The maximum absolute atomic E-state index is 10.7. The minimum atomic E-state index is -0.368. The van der Waals surface area contributed by atoms with Crippen LogP contribution in [0.1, 0.15) is 5.56 Å². The van der Waals surface area contributed by atoms with E-state index >= 15 is 0 Å². The number of thioether (sulfide) groups is 1. The number of hydrogen-bond acceptors (Lipinski definition) is 3. The molecule has 0 aliphatic heterocycles. The van der Waals surface area contributed by atoms with E-state index in [9.17, 15) is 10.1 Å². The Balaban J connectivity index is 2.06. The minimum absolute atomic E-state index is 0.141. The molecule has 2 aromatic carbocycles. The van der Waals surface area contributed by atoms with Crippen LogP contribution in [0.5, 0.6) is 0 Å². The van der Waals surface area contributed by atoms with Crippen LogP contribution in [0.25, 0.3) is 0 Å². The number of benzene rings is 2. The van der Waals surface area contributed by atoms with Crippen molar-refractivity contribution in [3.8, 4) is 0 Å². The summed E-state index contributed by atoms with van der Waals surface area (Å²) in [6.45, 7) is 0. The molecule has 0 aliphatic carbocycles. The van der Waals surface area contributed by atoms with Gasteiger partial charge < -0.3 is 0 Å². The zero-order valence-corrected chi connectivity index (χ0v) is 11.8. The highest BCUT2D eigenvalue weighted by Crippen LogP contribution is 2.26. The molecule has 92 valence electrons. The first-order chi connectivity index (χ1) is 8.65. The molecule has 0 radical (unpaired) electrons. The van der Waals surface area contributed by atoms with Crippen LogP contribution in [0, 0.1) is 10.1 Å². The van der Waals surface area contributed by atoms with Gasteiger partial charge in [0.1, 0.15) is 0 Å². The van der Waals surface area contributed by atoms with Gasteiger partial charge in [0.05, 0.1) is 4.92 Å². The Kier molecular flexibility index (Phi) is 4.38. The molecule has 0 N–H and O–H groups in total. The monoisotopic (exact) mass is 323 g/mol. The molecular weight excluding hydrogens is 314 g/mol. The average Bonchev–Trinajstić information content (AvgIpc) is 2.37. The van der Waals surface area contributed by atoms with Crippen molar-refractivity contribution in [3.05, 3.63) is 68.7 Å². The first-order valence-electron chi connectivity index (χ1n) is 5.27. The molecule has 0 bridgehead atoms. The van der Waals surface area contributed by atoms with Crippen LogP contribution in [0.4, 0.5) is 5.69 Å². The zero-order chi connectivity index (χ0) is 13.0. The van der Waals surface area contributed by atoms with Gasteiger partial charge in [-0.15, -0.1) is 11.8 Å². The van der Waals surface area contributed by atoms with Gasteiger partial charge in [0.15, 0.2) is 0 Å². The fraction of sp³-hybridized carbons (Fsp3) is 0.0769. The van der Waals surface area contributed by atoms with Gasteiger partial charge in [0.2, 0.25) is 0 Å². The van der Waals surface area contributed by atoms with E-state index in [1.165, 1.54) is 6.07 Å². The molecule has 0 aromatic heterocycles. The van der Waals surface area contributed by atoms with Crippen molar-refractivity contribution in [2.24, 2.45) is 0 Å². The van der Waals surface area contributed by atoms with Crippen molar-refractivity contribution in [2.45, 2.75) is 10.6 Å². The van der Waals surface area contributed by atoms with Crippen molar-refractivity contribution in [3.63, 3.8) is 0 Å². The van der Waals surface area contributed by atoms with Gasteiger partial charge in [0.25, 0.3) is 5.69 Å². The Bertz CT molecular complexity index is 574. The zero-order valence-electron chi connectivity index (χ0n) is 9.38. The van der Waals surface area contributed by atoms with Crippen molar-refractivity contribution in [2.75, 3.05) is 0 Å². The van der Waals surface area contributed by atoms with Gasteiger partial charge in [-0.1, -0.05) is 34.1 Å². The highest BCUT2D eigenvalue weighted by atomic mass is 79.9. The predicted octanol–water partition coefficient (Wildman–Crippen LogP) is 4.65.